The van der Waals surface area contributed by atoms with Gasteiger partial charge in [-0.05, 0) is 27.8 Å². The number of carbonyl (C=O) groups excluding carboxylic acids is 1. The molecule has 0 aromatic heterocycles. The molecule has 0 saturated heterocycles. The number of benzene rings is 2. The van der Waals surface area contributed by atoms with E-state index in [4.69, 9.17) is 0 Å². The molecule has 0 aliphatic heterocycles. The summed E-state index contributed by atoms with van der Waals surface area (Å²) in [6.07, 6.45) is 0. The van der Waals surface area contributed by atoms with Crippen LogP contribution in [-0.2, 0) is 10.2 Å². The van der Waals surface area contributed by atoms with Gasteiger partial charge in [0.2, 0.25) is 5.91 Å². The van der Waals surface area contributed by atoms with Crippen molar-refractivity contribution in [3.63, 3.8) is 0 Å². The van der Waals surface area contributed by atoms with Crippen molar-refractivity contribution >= 4 is 16.7 Å². The molecule has 1 amide bonds. The quantitative estimate of drug-likeness (QED) is 0.873. The summed E-state index contributed by atoms with van der Waals surface area (Å²) >= 11 is 0. The lowest BCUT2D eigenvalue weighted by atomic mass is 9.76. The van der Waals surface area contributed by atoms with Crippen molar-refractivity contribution in [3.8, 4) is 0 Å². The van der Waals surface area contributed by atoms with Crippen LogP contribution in [0.3, 0.4) is 0 Å². The van der Waals surface area contributed by atoms with Crippen LogP contribution >= 0.6 is 0 Å². The second-order valence-corrected chi connectivity index (χ2v) is 5.80. The van der Waals surface area contributed by atoms with Crippen LogP contribution in [0.1, 0.15) is 37.8 Å². The number of rotatable bonds is 2. The van der Waals surface area contributed by atoms with E-state index in [9.17, 15) is 4.79 Å². The highest BCUT2D eigenvalue weighted by atomic mass is 16.1. The van der Waals surface area contributed by atoms with Crippen LogP contribution in [0.4, 0.5) is 0 Å². The third-order valence-electron chi connectivity index (χ3n) is 4.68. The van der Waals surface area contributed by atoms with Crippen LogP contribution in [0.2, 0.25) is 0 Å². The fourth-order valence-electron chi connectivity index (χ4n) is 3.34. The van der Waals surface area contributed by atoms with Crippen molar-refractivity contribution in [2.45, 2.75) is 32.1 Å². The normalized spacial score (nSPS) is 24.7. The van der Waals surface area contributed by atoms with Gasteiger partial charge in [-0.2, -0.15) is 0 Å². The molecule has 2 nitrogen and oxygen atoms in total. The smallest absolute Gasteiger partial charge is 0.216 e. The van der Waals surface area contributed by atoms with Crippen molar-refractivity contribution in [2.24, 2.45) is 0 Å². The molecule has 19 heavy (non-hydrogen) atoms. The number of hydrogen-bond acceptors (Lipinski definition) is 1. The van der Waals surface area contributed by atoms with Gasteiger partial charge in [-0.25, -0.2) is 0 Å². The van der Waals surface area contributed by atoms with Crippen LogP contribution in [-0.4, -0.2) is 12.5 Å². The van der Waals surface area contributed by atoms with E-state index >= 15 is 0 Å². The van der Waals surface area contributed by atoms with Crippen molar-refractivity contribution in [1.82, 2.24) is 5.32 Å². The summed E-state index contributed by atoms with van der Waals surface area (Å²) in [5.74, 6) is 0.456. The lowest BCUT2D eigenvalue weighted by molar-refractivity contribution is -0.119. The summed E-state index contributed by atoms with van der Waals surface area (Å²) in [6, 6.07) is 13.0. The summed E-state index contributed by atoms with van der Waals surface area (Å²) in [4.78, 5) is 11.3. The SMILES string of the molecule is CC(=O)NC[C@@]1(C)c2cccc3cccc(c23)[C@H]1C. The fourth-order valence-corrected chi connectivity index (χ4v) is 3.34. The van der Waals surface area contributed by atoms with E-state index in [2.05, 4.69) is 55.6 Å². The van der Waals surface area contributed by atoms with Crippen LogP contribution in [0.25, 0.3) is 10.8 Å². The van der Waals surface area contributed by atoms with Gasteiger partial charge in [-0.3, -0.25) is 4.79 Å². The molecule has 2 atom stereocenters. The largest absolute Gasteiger partial charge is 0.355 e. The maximum atomic E-state index is 11.3. The Labute approximate surface area is 113 Å². The molecule has 0 radical (unpaired) electrons. The molecular formula is C17H19NO. The molecule has 0 fully saturated rings. The average Bonchev–Trinajstić information content (AvgIpc) is 2.62. The summed E-state index contributed by atoms with van der Waals surface area (Å²) in [5, 5.41) is 5.68. The zero-order valence-corrected chi connectivity index (χ0v) is 11.7. The highest BCUT2D eigenvalue weighted by molar-refractivity contribution is 5.93. The maximum Gasteiger partial charge on any atom is 0.216 e. The van der Waals surface area contributed by atoms with E-state index in [0.717, 1.165) is 0 Å². The first-order chi connectivity index (χ1) is 9.04. The van der Waals surface area contributed by atoms with Gasteiger partial charge in [-0.1, -0.05) is 50.2 Å². The van der Waals surface area contributed by atoms with Gasteiger partial charge in [-0.15, -0.1) is 0 Å². The van der Waals surface area contributed by atoms with E-state index in [1.807, 2.05) is 0 Å². The second kappa shape index (κ2) is 4.09. The monoisotopic (exact) mass is 253 g/mol. The van der Waals surface area contributed by atoms with E-state index in [-0.39, 0.29) is 11.3 Å². The van der Waals surface area contributed by atoms with Gasteiger partial charge in [0.05, 0.1) is 0 Å². The Balaban J connectivity index is 2.17. The first kappa shape index (κ1) is 12.2. The van der Waals surface area contributed by atoms with Crippen LogP contribution in [0, 0.1) is 0 Å². The van der Waals surface area contributed by atoms with E-state index in [0.29, 0.717) is 12.5 Å². The molecule has 0 spiro atoms. The number of nitrogens with one attached hydrogen (secondary N) is 1. The highest BCUT2D eigenvalue weighted by Crippen LogP contribution is 2.50. The van der Waals surface area contributed by atoms with Crippen LogP contribution < -0.4 is 5.32 Å². The average molecular weight is 253 g/mol. The first-order valence-corrected chi connectivity index (χ1v) is 6.80. The minimum atomic E-state index is -0.0190. The third-order valence-corrected chi connectivity index (χ3v) is 4.68. The molecule has 1 aliphatic rings. The molecule has 0 unspecified atom stereocenters. The van der Waals surface area contributed by atoms with Crippen molar-refractivity contribution in [3.05, 3.63) is 47.5 Å². The molecule has 1 N–H and O–H groups in total. The summed E-state index contributed by atoms with van der Waals surface area (Å²) in [5.41, 5.74) is 2.75. The van der Waals surface area contributed by atoms with E-state index < -0.39 is 0 Å². The maximum absolute atomic E-state index is 11.3. The molecule has 1 aliphatic carbocycles. The zero-order chi connectivity index (χ0) is 13.6. The van der Waals surface area contributed by atoms with Crippen molar-refractivity contribution < 1.29 is 4.79 Å². The number of amides is 1. The van der Waals surface area contributed by atoms with Gasteiger partial charge in [0.15, 0.2) is 0 Å². The Morgan fingerprint density at radius 2 is 1.95 bits per heavy atom. The highest BCUT2D eigenvalue weighted by Gasteiger charge is 2.41. The molecule has 0 bridgehead atoms. The summed E-state index contributed by atoms with van der Waals surface area (Å²) < 4.78 is 0. The third kappa shape index (κ3) is 1.66. The predicted molar refractivity (Wildman–Crippen MR) is 78.4 cm³/mol. The van der Waals surface area contributed by atoms with Crippen molar-refractivity contribution in [1.29, 1.82) is 0 Å². The van der Waals surface area contributed by atoms with Crippen LogP contribution in [0.5, 0.6) is 0 Å². The van der Waals surface area contributed by atoms with Crippen LogP contribution in [0.15, 0.2) is 36.4 Å². The molecule has 3 rings (SSSR count). The first-order valence-electron chi connectivity index (χ1n) is 6.80. The Kier molecular flexibility index (Phi) is 2.63. The second-order valence-electron chi connectivity index (χ2n) is 5.80. The Bertz CT molecular complexity index is 656. The molecule has 2 aromatic rings. The summed E-state index contributed by atoms with van der Waals surface area (Å²) in [7, 11) is 0. The predicted octanol–water partition coefficient (Wildman–Crippen LogP) is 3.35. The van der Waals surface area contributed by atoms with E-state index in [1.165, 1.54) is 21.9 Å². The number of hydrogen-bond donors (Lipinski definition) is 1. The molecule has 0 saturated carbocycles. The van der Waals surface area contributed by atoms with E-state index in [1.54, 1.807) is 6.92 Å². The molecule has 2 aromatic carbocycles. The van der Waals surface area contributed by atoms with Gasteiger partial charge >= 0.3 is 0 Å². The fraction of sp³-hybridized carbons (Fsp3) is 0.353. The minimum Gasteiger partial charge on any atom is -0.355 e. The standard InChI is InChI=1S/C17H19NO/c1-11-14-8-4-6-13-7-5-9-15(16(13)14)17(11,3)10-18-12(2)19/h4-9,11H,10H2,1-3H3,(H,18,19)/t11-,17-/m1/s1. The molecule has 0 heterocycles. The molecule has 2 heteroatoms. The number of carbonyl (C=O) groups is 1. The lowest BCUT2D eigenvalue weighted by Crippen LogP contribution is -2.39. The van der Waals surface area contributed by atoms with Gasteiger partial charge < -0.3 is 5.32 Å². The summed E-state index contributed by atoms with van der Waals surface area (Å²) in [6.45, 7) is 6.78. The lowest BCUT2D eigenvalue weighted by Gasteiger charge is -2.31. The Morgan fingerprint density at radius 1 is 1.26 bits per heavy atom. The Morgan fingerprint density at radius 3 is 2.63 bits per heavy atom. The van der Waals surface area contributed by atoms with Crippen molar-refractivity contribution in [2.75, 3.05) is 6.54 Å². The van der Waals surface area contributed by atoms with Gasteiger partial charge in [0, 0.05) is 18.9 Å². The Hall–Kier alpha value is -1.83. The van der Waals surface area contributed by atoms with Gasteiger partial charge in [0.25, 0.3) is 0 Å². The topological polar surface area (TPSA) is 29.1 Å². The van der Waals surface area contributed by atoms with Gasteiger partial charge in [0.1, 0.15) is 0 Å². The molecular weight excluding hydrogens is 234 g/mol. The molecule has 98 valence electrons. The zero-order valence-electron chi connectivity index (χ0n) is 11.7. The minimum absolute atomic E-state index is 0.0190.